The number of thioether (sulfide) groups is 1. The molecule has 0 saturated carbocycles. The van der Waals surface area contributed by atoms with Crippen LogP contribution in [0.1, 0.15) is 32.6 Å². The van der Waals surface area contributed by atoms with Gasteiger partial charge in [-0.2, -0.15) is 13.2 Å². The molecule has 0 aromatic rings. The predicted octanol–water partition coefficient (Wildman–Crippen LogP) is 2.63. The molecule has 1 saturated heterocycles. The van der Waals surface area contributed by atoms with Crippen LogP contribution in [0.25, 0.3) is 0 Å². The van der Waals surface area contributed by atoms with Crippen LogP contribution in [-0.4, -0.2) is 71.8 Å². The van der Waals surface area contributed by atoms with E-state index < -0.39 is 36.0 Å². The first-order valence-corrected chi connectivity index (χ1v) is 9.05. The third kappa shape index (κ3) is 4.77. The second-order valence-electron chi connectivity index (χ2n) is 6.30. The average molecular weight is 370 g/mol. The molecule has 2 heterocycles. The van der Waals surface area contributed by atoms with Crippen LogP contribution in [0.4, 0.5) is 13.2 Å². The van der Waals surface area contributed by atoms with E-state index in [0.29, 0.717) is 11.6 Å². The van der Waals surface area contributed by atoms with Crippen molar-refractivity contribution in [2.75, 3.05) is 20.7 Å². The van der Waals surface area contributed by atoms with E-state index in [1.165, 1.54) is 11.8 Å². The average Bonchev–Trinajstić information content (AvgIpc) is 2.90. The SMILES string of the molecule is CCCCCO[C@H]([C@@H]1C[C@H](O)[C@H]2N=C(N(C)C)S[C@H]2O1)C(F)(F)F. The highest BCUT2D eigenvalue weighted by atomic mass is 32.2. The predicted molar refractivity (Wildman–Crippen MR) is 87.1 cm³/mol. The molecule has 0 unspecified atom stereocenters. The maximum absolute atomic E-state index is 13.4. The molecule has 0 aliphatic carbocycles. The van der Waals surface area contributed by atoms with Crippen LogP contribution >= 0.6 is 11.8 Å². The van der Waals surface area contributed by atoms with Crippen LogP contribution in [0.15, 0.2) is 4.99 Å². The molecule has 9 heteroatoms. The van der Waals surface area contributed by atoms with Crippen LogP contribution < -0.4 is 0 Å². The van der Waals surface area contributed by atoms with Crippen molar-refractivity contribution in [3.63, 3.8) is 0 Å². The number of alkyl halides is 3. The van der Waals surface area contributed by atoms with Crippen LogP contribution in [0.3, 0.4) is 0 Å². The van der Waals surface area contributed by atoms with E-state index in [1.54, 1.807) is 19.0 Å². The first kappa shape index (κ1) is 19.8. The lowest BCUT2D eigenvalue weighted by Crippen LogP contribution is -2.53. The largest absolute Gasteiger partial charge is 0.417 e. The second kappa shape index (κ2) is 8.25. The van der Waals surface area contributed by atoms with Crippen molar-refractivity contribution in [2.24, 2.45) is 4.99 Å². The van der Waals surface area contributed by atoms with Crippen molar-refractivity contribution in [3.8, 4) is 0 Å². The summed E-state index contributed by atoms with van der Waals surface area (Å²) < 4.78 is 50.8. The third-order valence-electron chi connectivity index (χ3n) is 4.03. The van der Waals surface area contributed by atoms with E-state index >= 15 is 0 Å². The van der Waals surface area contributed by atoms with Crippen molar-refractivity contribution in [2.45, 2.75) is 68.6 Å². The van der Waals surface area contributed by atoms with Gasteiger partial charge in [-0.15, -0.1) is 0 Å². The molecule has 140 valence electrons. The molecule has 2 aliphatic heterocycles. The molecule has 24 heavy (non-hydrogen) atoms. The summed E-state index contributed by atoms with van der Waals surface area (Å²) in [5.74, 6) is 0. The van der Waals surface area contributed by atoms with Gasteiger partial charge in [0.15, 0.2) is 11.3 Å². The highest BCUT2D eigenvalue weighted by Crippen LogP contribution is 2.40. The van der Waals surface area contributed by atoms with E-state index in [-0.39, 0.29) is 13.0 Å². The van der Waals surface area contributed by atoms with Gasteiger partial charge in [0, 0.05) is 27.1 Å². The molecule has 0 aromatic carbocycles. The Balaban J connectivity index is 2.02. The molecule has 0 bridgehead atoms. The summed E-state index contributed by atoms with van der Waals surface area (Å²) in [6.45, 7) is 2.01. The molecular weight excluding hydrogens is 345 g/mol. The number of aliphatic hydroxyl groups is 1. The van der Waals surface area contributed by atoms with Crippen LogP contribution in [0.5, 0.6) is 0 Å². The lowest BCUT2D eigenvalue weighted by atomic mass is 9.98. The van der Waals surface area contributed by atoms with E-state index in [0.717, 1.165) is 12.8 Å². The minimum atomic E-state index is -4.53. The zero-order valence-corrected chi connectivity index (χ0v) is 14.9. The summed E-state index contributed by atoms with van der Waals surface area (Å²) >= 11 is 1.24. The molecule has 0 radical (unpaired) electrons. The Morgan fingerprint density at radius 2 is 2.12 bits per heavy atom. The summed E-state index contributed by atoms with van der Waals surface area (Å²) in [5, 5.41) is 10.9. The summed E-state index contributed by atoms with van der Waals surface area (Å²) in [5.41, 5.74) is -0.611. The Bertz CT molecular complexity index is 448. The number of hydrogen-bond donors (Lipinski definition) is 1. The molecule has 0 spiro atoms. The molecule has 2 rings (SSSR count). The molecule has 0 aromatic heterocycles. The normalized spacial score (nSPS) is 31.5. The Kier molecular flexibility index (Phi) is 6.81. The fraction of sp³-hybridized carbons (Fsp3) is 0.933. The number of halogens is 3. The topological polar surface area (TPSA) is 54.3 Å². The van der Waals surface area contributed by atoms with Gasteiger partial charge in [-0.1, -0.05) is 31.5 Å². The van der Waals surface area contributed by atoms with Crippen molar-refractivity contribution in [1.29, 1.82) is 0 Å². The first-order chi connectivity index (χ1) is 11.2. The lowest BCUT2D eigenvalue weighted by molar-refractivity contribution is -0.265. The number of fused-ring (bicyclic) bond motifs is 1. The molecule has 0 amide bonds. The number of ether oxygens (including phenoxy) is 2. The maximum atomic E-state index is 13.4. The van der Waals surface area contributed by atoms with Crippen molar-refractivity contribution in [3.05, 3.63) is 0 Å². The standard InChI is InChI=1S/C15H25F3N2O3S/c1-4-5-6-7-22-12(15(16,17)18)10-8-9(21)11-13(23-10)24-14(19-11)20(2)3/h9-13,21H,4-8H2,1-3H3/t9-,10-,11+,12+,13+/m0/s1. The summed E-state index contributed by atoms with van der Waals surface area (Å²) in [6.07, 6.45) is -6.57. The van der Waals surface area contributed by atoms with Gasteiger partial charge in [-0.25, -0.2) is 0 Å². The summed E-state index contributed by atoms with van der Waals surface area (Å²) in [6, 6.07) is -0.530. The number of unbranched alkanes of at least 4 members (excludes halogenated alkanes) is 2. The Morgan fingerprint density at radius 1 is 1.42 bits per heavy atom. The zero-order chi connectivity index (χ0) is 17.9. The van der Waals surface area contributed by atoms with E-state index in [1.807, 2.05) is 6.92 Å². The first-order valence-electron chi connectivity index (χ1n) is 8.17. The van der Waals surface area contributed by atoms with E-state index in [9.17, 15) is 18.3 Å². The van der Waals surface area contributed by atoms with Crippen LogP contribution in [0, 0.1) is 0 Å². The van der Waals surface area contributed by atoms with Gasteiger partial charge < -0.3 is 19.5 Å². The monoisotopic (exact) mass is 370 g/mol. The summed E-state index contributed by atoms with van der Waals surface area (Å²) in [4.78, 5) is 6.10. The summed E-state index contributed by atoms with van der Waals surface area (Å²) in [7, 11) is 3.59. The number of hydrogen-bond acceptors (Lipinski definition) is 6. The van der Waals surface area contributed by atoms with Gasteiger partial charge in [0.1, 0.15) is 11.5 Å². The highest BCUT2D eigenvalue weighted by Gasteiger charge is 2.52. The molecule has 2 aliphatic rings. The number of rotatable bonds is 6. The van der Waals surface area contributed by atoms with Gasteiger partial charge >= 0.3 is 6.18 Å². The third-order valence-corrected chi connectivity index (χ3v) is 5.33. The van der Waals surface area contributed by atoms with Gasteiger partial charge in [0.2, 0.25) is 0 Å². The van der Waals surface area contributed by atoms with Crippen molar-refractivity contribution < 1.29 is 27.8 Å². The minimum Gasteiger partial charge on any atom is -0.391 e. The quantitative estimate of drug-likeness (QED) is 0.729. The van der Waals surface area contributed by atoms with Gasteiger partial charge in [-0.3, -0.25) is 4.99 Å². The Morgan fingerprint density at radius 3 is 2.71 bits per heavy atom. The number of aliphatic hydroxyl groups excluding tert-OH is 1. The lowest BCUT2D eigenvalue weighted by Gasteiger charge is -2.38. The zero-order valence-electron chi connectivity index (χ0n) is 14.1. The second-order valence-corrected chi connectivity index (χ2v) is 7.37. The molecule has 1 fully saturated rings. The molecule has 5 nitrogen and oxygen atoms in total. The maximum Gasteiger partial charge on any atom is 0.417 e. The van der Waals surface area contributed by atoms with E-state index in [2.05, 4.69) is 4.99 Å². The molecular formula is C15H25F3N2O3S. The van der Waals surface area contributed by atoms with Crippen LogP contribution in [0.2, 0.25) is 0 Å². The Hall–Kier alpha value is -0.510. The number of aliphatic imine (C=N–C) groups is 1. The van der Waals surface area contributed by atoms with Crippen LogP contribution in [-0.2, 0) is 9.47 Å². The molecule has 1 N–H and O–H groups in total. The smallest absolute Gasteiger partial charge is 0.391 e. The Labute approximate surface area is 144 Å². The van der Waals surface area contributed by atoms with Gasteiger partial charge in [0.05, 0.1) is 12.2 Å². The van der Waals surface area contributed by atoms with E-state index in [4.69, 9.17) is 9.47 Å². The number of nitrogens with zero attached hydrogens (tertiary/aromatic N) is 2. The minimum absolute atomic E-state index is 0.0364. The van der Waals surface area contributed by atoms with Crippen molar-refractivity contribution >= 4 is 16.9 Å². The van der Waals surface area contributed by atoms with Gasteiger partial charge in [0.25, 0.3) is 0 Å². The fourth-order valence-corrected chi connectivity index (χ4v) is 3.95. The number of amidine groups is 1. The molecule has 5 atom stereocenters. The highest BCUT2D eigenvalue weighted by molar-refractivity contribution is 8.14. The fourth-order valence-electron chi connectivity index (χ4n) is 2.76. The van der Waals surface area contributed by atoms with Gasteiger partial charge in [-0.05, 0) is 6.42 Å². The van der Waals surface area contributed by atoms with Crippen molar-refractivity contribution in [1.82, 2.24) is 4.90 Å².